The van der Waals surface area contributed by atoms with E-state index in [2.05, 4.69) is 4.98 Å². The first-order valence-corrected chi connectivity index (χ1v) is 6.15. The van der Waals surface area contributed by atoms with Crippen molar-refractivity contribution in [2.24, 2.45) is 0 Å². The van der Waals surface area contributed by atoms with Crippen LogP contribution in [0.3, 0.4) is 0 Å². The van der Waals surface area contributed by atoms with Gasteiger partial charge in [-0.05, 0) is 30.7 Å². The summed E-state index contributed by atoms with van der Waals surface area (Å²) in [6.45, 7) is 1.90. The van der Waals surface area contributed by atoms with Gasteiger partial charge in [-0.25, -0.2) is 9.78 Å². The molecule has 20 heavy (non-hydrogen) atoms. The molecule has 2 heterocycles. The van der Waals surface area contributed by atoms with Gasteiger partial charge in [0.1, 0.15) is 11.3 Å². The summed E-state index contributed by atoms with van der Waals surface area (Å²) in [4.78, 5) is 16.0. The van der Waals surface area contributed by atoms with Crippen LogP contribution in [0.1, 0.15) is 16.1 Å². The van der Waals surface area contributed by atoms with Gasteiger partial charge in [0.2, 0.25) is 0 Å². The van der Waals surface area contributed by atoms with Crippen molar-refractivity contribution in [3.8, 4) is 11.3 Å². The molecular weight excluding hydrogens is 254 g/mol. The highest BCUT2D eigenvalue weighted by molar-refractivity contribution is 5.95. The van der Waals surface area contributed by atoms with Gasteiger partial charge < -0.3 is 10.8 Å². The Balaban J connectivity index is 2.38. The van der Waals surface area contributed by atoms with E-state index < -0.39 is 5.97 Å². The summed E-state index contributed by atoms with van der Waals surface area (Å²) in [6, 6.07) is 10.8. The summed E-state index contributed by atoms with van der Waals surface area (Å²) in [5.74, 6) is -1.01. The molecule has 0 spiro atoms. The average Bonchev–Trinajstić information content (AvgIpc) is 2.79. The first kappa shape index (κ1) is 12.2. The van der Waals surface area contributed by atoms with Gasteiger partial charge in [0.15, 0.2) is 5.69 Å². The van der Waals surface area contributed by atoms with E-state index >= 15 is 0 Å². The van der Waals surface area contributed by atoms with Crippen molar-refractivity contribution in [3.63, 3.8) is 0 Å². The Hall–Kier alpha value is -2.82. The second-order valence-electron chi connectivity index (χ2n) is 4.62. The van der Waals surface area contributed by atoms with E-state index in [0.717, 1.165) is 5.56 Å². The predicted octanol–water partition coefficient (Wildman–Crippen LogP) is 2.59. The van der Waals surface area contributed by atoms with Crippen LogP contribution in [0.4, 0.5) is 5.69 Å². The standard InChI is InChI=1S/C15H13N3O2/c1-9-4-3-7-18-13(15(19)20)12(17-14(9)18)10-5-2-6-11(16)8-10/h2-8H,16H2,1H3,(H,19,20). The number of nitrogen functional groups attached to an aromatic ring is 1. The number of rotatable bonds is 2. The van der Waals surface area contributed by atoms with Gasteiger partial charge in [0, 0.05) is 17.4 Å². The Kier molecular flexibility index (Phi) is 2.68. The van der Waals surface area contributed by atoms with Gasteiger partial charge >= 0.3 is 5.97 Å². The Morgan fingerprint density at radius 1 is 1.30 bits per heavy atom. The molecule has 1 aromatic carbocycles. The van der Waals surface area contributed by atoms with E-state index in [4.69, 9.17) is 5.73 Å². The summed E-state index contributed by atoms with van der Waals surface area (Å²) in [5.41, 5.74) is 9.18. The number of hydrogen-bond acceptors (Lipinski definition) is 3. The van der Waals surface area contributed by atoms with Crippen LogP contribution < -0.4 is 5.73 Å². The van der Waals surface area contributed by atoms with Crippen molar-refractivity contribution in [2.75, 3.05) is 5.73 Å². The van der Waals surface area contributed by atoms with E-state index in [0.29, 0.717) is 22.6 Å². The zero-order valence-corrected chi connectivity index (χ0v) is 10.9. The maximum atomic E-state index is 11.6. The fourth-order valence-electron chi connectivity index (χ4n) is 2.30. The monoisotopic (exact) mass is 267 g/mol. The van der Waals surface area contributed by atoms with Crippen LogP contribution in [-0.2, 0) is 0 Å². The number of benzene rings is 1. The Bertz CT molecular complexity index is 821. The van der Waals surface area contributed by atoms with E-state index in [1.807, 2.05) is 13.0 Å². The Morgan fingerprint density at radius 2 is 2.10 bits per heavy atom. The summed E-state index contributed by atoms with van der Waals surface area (Å²) in [6.07, 6.45) is 1.70. The molecule has 5 nitrogen and oxygen atoms in total. The molecule has 0 saturated carbocycles. The fraction of sp³-hybridized carbons (Fsp3) is 0.0667. The molecule has 0 saturated heterocycles. The molecule has 0 fully saturated rings. The third kappa shape index (κ3) is 1.80. The summed E-state index contributed by atoms with van der Waals surface area (Å²) < 4.78 is 1.59. The third-order valence-corrected chi connectivity index (χ3v) is 3.21. The van der Waals surface area contributed by atoms with E-state index in [1.54, 1.807) is 40.9 Å². The molecule has 0 unspecified atom stereocenters. The normalized spacial score (nSPS) is 10.8. The number of anilines is 1. The molecule has 2 aromatic heterocycles. The second-order valence-corrected chi connectivity index (χ2v) is 4.62. The molecule has 5 heteroatoms. The Labute approximate surface area is 115 Å². The molecule has 0 aliphatic carbocycles. The highest BCUT2D eigenvalue weighted by Gasteiger charge is 2.20. The van der Waals surface area contributed by atoms with E-state index in [1.165, 1.54) is 0 Å². The number of carboxylic acid groups (broad SMARTS) is 1. The second kappa shape index (κ2) is 4.38. The zero-order chi connectivity index (χ0) is 14.3. The molecule has 3 aromatic rings. The number of nitrogens with two attached hydrogens (primary N) is 1. The van der Waals surface area contributed by atoms with Crippen molar-refractivity contribution in [2.45, 2.75) is 6.92 Å². The lowest BCUT2D eigenvalue weighted by atomic mass is 10.1. The molecule has 0 atom stereocenters. The first-order chi connectivity index (χ1) is 9.58. The third-order valence-electron chi connectivity index (χ3n) is 3.21. The lowest BCUT2D eigenvalue weighted by molar-refractivity contribution is 0.0690. The van der Waals surface area contributed by atoms with Crippen molar-refractivity contribution in [1.29, 1.82) is 0 Å². The average molecular weight is 267 g/mol. The lowest BCUT2D eigenvalue weighted by Crippen LogP contribution is -2.03. The number of imidazole rings is 1. The molecule has 0 aliphatic rings. The largest absolute Gasteiger partial charge is 0.476 e. The number of aromatic nitrogens is 2. The highest BCUT2D eigenvalue weighted by atomic mass is 16.4. The van der Waals surface area contributed by atoms with Crippen LogP contribution in [0.15, 0.2) is 42.6 Å². The van der Waals surface area contributed by atoms with Crippen LogP contribution in [0.5, 0.6) is 0 Å². The number of aryl methyl sites for hydroxylation is 1. The van der Waals surface area contributed by atoms with Crippen LogP contribution in [0.2, 0.25) is 0 Å². The maximum Gasteiger partial charge on any atom is 0.355 e. The summed E-state index contributed by atoms with van der Waals surface area (Å²) >= 11 is 0. The molecule has 0 aliphatic heterocycles. The number of pyridine rings is 1. The van der Waals surface area contributed by atoms with Gasteiger partial charge in [-0.3, -0.25) is 4.40 Å². The predicted molar refractivity (Wildman–Crippen MR) is 76.7 cm³/mol. The smallest absolute Gasteiger partial charge is 0.355 e. The van der Waals surface area contributed by atoms with Crippen LogP contribution in [0.25, 0.3) is 16.9 Å². The van der Waals surface area contributed by atoms with Gasteiger partial charge in [-0.1, -0.05) is 18.2 Å². The van der Waals surface area contributed by atoms with Crippen molar-refractivity contribution in [1.82, 2.24) is 9.38 Å². The molecule has 3 N–H and O–H groups in total. The van der Waals surface area contributed by atoms with Crippen molar-refractivity contribution in [3.05, 3.63) is 53.9 Å². The molecule has 100 valence electrons. The number of hydrogen-bond donors (Lipinski definition) is 2. The van der Waals surface area contributed by atoms with Gasteiger partial charge in [0.25, 0.3) is 0 Å². The topological polar surface area (TPSA) is 80.6 Å². The quantitative estimate of drug-likeness (QED) is 0.699. The van der Waals surface area contributed by atoms with Crippen molar-refractivity contribution >= 4 is 17.3 Å². The zero-order valence-electron chi connectivity index (χ0n) is 10.9. The number of nitrogens with zero attached hydrogens (tertiary/aromatic N) is 2. The number of fused-ring (bicyclic) bond motifs is 1. The molecule has 0 radical (unpaired) electrons. The summed E-state index contributed by atoms with van der Waals surface area (Å²) in [5, 5.41) is 9.48. The summed E-state index contributed by atoms with van der Waals surface area (Å²) in [7, 11) is 0. The number of aromatic carboxylic acids is 1. The minimum Gasteiger partial charge on any atom is -0.476 e. The SMILES string of the molecule is Cc1cccn2c(C(=O)O)c(-c3cccc(N)c3)nc12. The number of carbonyl (C=O) groups is 1. The van der Waals surface area contributed by atoms with Crippen LogP contribution in [0, 0.1) is 6.92 Å². The van der Waals surface area contributed by atoms with Gasteiger partial charge in [0.05, 0.1) is 0 Å². The van der Waals surface area contributed by atoms with E-state index in [-0.39, 0.29) is 5.69 Å². The molecule has 3 rings (SSSR count). The molecule has 0 bridgehead atoms. The van der Waals surface area contributed by atoms with Crippen molar-refractivity contribution < 1.29 is 9.90 Å². The van der Waals surface area contributed by atoms with Crippen LogP contribution in [-0.4, -0.2) is 20.5 Å². The minimum absolute atomic E-state index is 0.148. The first-order valence-electron chi connectivity index (χ1n) is 6.15. The van der Waals surface area contributed by atoms with Crippen LogP contribution >= 0.6 is 0 Å². The lowest BCUT2D eigenvalue weighted by Gasteiger charge is -2.01. The molecule has 0 amide bonds. The molecular formula is C15H13N3O2. The van der Waals surface area contributed by atoms with Gasteiger partial charge in [-0.2, -0.15) is 0 Å². The maximum absolute atomic E-state index is 11.6. The highest BCUT2D eigenvalue weighted by Crippen LogP contribution is 2.27. The van der Waals surface area contributed by atoms with E-state index in [9.17, 15) is 9.90 Å². The number of carboxylic acids is 1. The van der Waals surface area contributed by atoms with Gasteiger partial charge in [-0.15, -0.1) is 0 Å². The fourth-order valence-corrected chi connectivity index (χ4v) is 2.30. The Morgan fingerprint density at radius 3 is 2.80 bits per heavy atom. The minimum atomic E-state index is -1.01.